The van der Waals surface area contributed by atoms with E-state index in [2.05, 4.69) is 175 Å². The van der Waals surface area contributed by atoms with Crippen LogP contribution in [0.1, 0.15) is 34.6 Å². The molecule has 1 aliphatic rings. The van der Waals surface area contributed by atoms with Crippen LogP contribution in [0, 0.1) is 13.8 Å². The van der Waals surface area contributed by atoms with Crippen LogP contribution in [0.3, 0.4) is 0 Å². The summed E-state index contributed by atoms with van der Waals surface area (Å²) in [5.41, 5.74) is 13.9. The Morgan fingerprint density at radius 3 is 1.72 bits per heavy atom. The fraction of sp³-hybridized carbons (Fsp3) is 0.0909. The van der Waals surface area contributed by atoms with Crippen molar-refractivity contribution in [3.63, 3.8) is 0 Å². The molecular weight excluding hydrogens is 556 g/mol. The summed E-state index contributed by atoms with van der Waals surface area (Å²) >= 11 is 0. The Kier molecular flexibility index (Phi) is 6.11. The average Bonchev–Trinajstić information content (AvgIpc) is 3.62. The standard InChI is InChI=1S/C44H34N2/c1-29-12-7-16-33(26-29)45-41-24-5-3-18-37(41)39-22-10-20-35(43(39)45)31-14-9-15-32(28-31)36-21-11-23-40-38-19-4-6-25-42(38)46(44(36)40)34-17-8-13-30(2)27-34/h3-14,16-28,32H,15H2,1-2H3. The summed E-state index contributed by atoms with van der Waals surface area (Å²) in [4.78, 5) is 0. The Hall–Kier alpha value is -5.60. The van der Waals surface area contributed by atoms with Crippen LogP contribution in [0.25, 0.3) is 60.6 Å². The molecule has 2 heterocycles. The van der Waals surface area contributed by atoms with Crippen LogP contribution in [-0.2, 0) is 0 Å². The Morgan fingerprint density at radius 1 is 0.522 bits per heavy atom. The number of nitrogens with zero attached hydrogens (tertiary/aromatic N) is 2. The SMILES string of the molecule is Cc1cccc(-n2c3ccccc3c3cccc(C4=CC(c5cccc6c7ccccc7n(-c7cccc(C)c7)c56)CC=C4)c32)c1. The molecule has 9 rings (SSSR count). The number of fused-ring (bicyclic) bond motifs is 6. The number of hydrogen-bond acceptors (Lipinski definition) is 0. The van der Waals surface area contributed by atoms with Gasteiger partial charge in [-0.25, -0.2) is 0 Å². The maximum Gasteiger partial charge on any atom is 0.0619 e. The molecule has 0 spiro atoms. The van der Waals surface area contributed by atoms with E-state index in [1.807, 2.05) is 0 Å². The molecule has 1 aliphatic carbocycles. The number of aromatic nitrogens is 2. The third-order valence-electron chi connectivity index (χ3n) is 9.72. The first-order valence-corrected chi connectivity index (χ1v) is 16.2. The third kappa shape index (κ3) is 4.10. The lowest BCUT2D eigenvalue weighted by Gasteiger charge is -2.21. The van der Waals surface area contributed by atoms with Crippen LogP contribution in [-0.4, -0.2) is 9.13 Å². The molecule has 46 heavy (non-hydrogen) atoms. The zero-order valence-corrected chi connectivity index (χ0v) is 26.1. The van der Waals surface area contributed by atoms with Crippen LogP contribution in [0.15, 0.2) is 152 Å². The van der Waals surface area contributed by atoms with E-state index < -0.39 is 0 Å². The predicted molar refractivity (Wildman–Crippen MR) is 196 cm³/mol. The van der Waals surface area contributed by atoms with Gasteiger partial charge in [-0.05, 0) is 78.9 Å². The average molecular weight is 591 g/mol. The molecule has 1 unspecified atom stereocenters. The van der Waals surface area contributed by atoms with Crippen molar-refractivity contribution < 1.29 is 0 Å². The first-order chi connectivity index (χ1) is 22.7. The molecule has 2 aromatic heterocycles. The van der Waals surface area contributed by atoms with Crippen molar-refractivity contribution in [3.8, 4) is 11.4 Å². The molecule has 2 nitrogen and oxygen atoms in total. The van der Waals surface area contributed by atoms with Crippen molar-refractivity contribution in [2.45, 2.75) is 26.2 Å². The van der Waals surface area contributed by atoms with Gasteiger partial charge in [-0.3, -0.25) is 0 Å². The van der Waals surface area contributed by atoms with E-state index in [9.17, 15) is 0 Å². The first kappa shape index (κ1) is 26.8. The predicted octanol–water partition coefficient (Wildman–Crippen LogP) is 11.6. The minimum atomic E-state index is 0.239. The van der Waals surface area contributed by atoms with Gasteiger partial charge in [0.05, 0.1) is 22.1 Å². The fourth-order valence-corrected chi connectivity index (χ4v) is 7.74. The van der Waals surface area contributed by atoms with E-state index in [4.69, 9.17) is 0 Å². The van der Waals surface area contributed by atoms with Crippen LogP contribution in [0.4, 0.5) is 0 Å². The van der Waals surface area contributed by atoms with Crippen molar-refractivity contribution in [2.24, 2.45) is 0 Å². The molecule has 2 heteroatoms. The highest BCUT2D eigenvalue weighted by Gasteiger charge is 2.23. The monoisotopic (exact) mass is 590 g/mol. The molecule has 1 atom stereocenters. The topological polar surface area (TPSA) is 9.86 Å². The van der Waals surface area contributed by atoms with Gasteiger partial charge in [-0.15, -0.1) is 0 Å². The second-order valence-electron chi connectivity index (χ2n) is 12.7. The van der Waals surface area contributed by atoms with Gasteiger partial charge in [-0.1, -0.05) is 115 Å². The van der Waals surface area contributed by atoms with Gasteiger partial charge in [-0.2, -0.15) is 0 Å². The quantitative estimate of drug-likeness (QED) is 0.193. The fourth-order valence-electron chi connectivity index (χ4n) is 7.74. The number of allylic oxidation sites excluding steroid dienone is 4. The highest BCUT2D eigenvalue weighted by atomic mass is 15.0. The third-order valence-corrected chi connectivity index (χ3v) is 9.72. The molecule has 220 valence electrons. The summed E-state index contributed by atoms with van der Waals surface area (Å²) in [6.45, 7) is 4.35. The first-order valence-electron chi connectivity index (χ1n) is 16.2. The van der Waals surface area contributed by atoms with Gasteiger partial charge >= 0.3 is 0 Å². The summed E-state index contributed by atoms with van der Waals surface area (Å²) in [5.74, 6) is 0.239. The van der Waals surface area contributed by atoms with Crippen LogP contribution >= 0.6 is 0 Å². The minimum Gasteiger partial charge on any atom is -0.309 e. The number of hydrogen-bond donors (Lipinski definition) is 0. The van der Waals surface area contributed by atoms with E-state index in [-0.39, 0.29) is 5.92 Å². The van der Waals surface area contributed by atoms with E-state index in [1.54, 1.807) is 0 Å². The maximum absolute atomic E-state index is 2.51. The lowest BCUT2D eigenvalue weighted by Crippen LogP contribution is -2.04. The maximum atomic E-state index is 2.51. The van der Waals surface area contributed by atoms with Crippen molar-refractivity contribution in [1.29, 1.82) is 0 Å². The van der Waals surface area contributed by atoms with Crippen molar-refractivity contribution in [2.75, 3.05) is 0 Å². The molecule has 0 N–H and O–H groups in total. The second-order valence-corrected chi connectivity index (χ2v) is 12.7. The van der Waals surface area contributed by atoms with E-state index in [0.29, 0.717) is 0 Å². The van der Waals surface area contributed by atoms with E-state index in [0.717, 1.165) is 6.42 Å². The van der Waals surface area contributed by atoms with Crippen molar-refractivity contribution in [3.05, 3.63) is 174 Å². The summed E-state index contributed by atoms with van der Waals surface area (Å²) in [7, 11) is 0. The Balaban J connectivity index is 1.29. The molecule has 0 saturated carbocycles. The molecule has 0 saturated heterocycles. The summed E-state index contributed by atoms with van der Waals surface area (Å²) in [6.07, 6.45) is 8.19. The van der Waals surface area contributed by atoms with Crippen molar-refractivity contribution in [1.82, 2.24) is 9.13 Å². The van der Waals surface area contributed by atoms with Crippen LogP contribution < -0.4 is 0 Å². The Morgan fingerprint density at radius 2 is 1.07 bits per heavy atom. The molecule has 0 aliphatic heterocycles. The summed E-state index contributed by atoms with van der Waals surface area (Å²) < 4.78 is 4.94. The van der Waals surface area contributed by atoms with Gasteiger partial charge in [0, 0.05) is 44.4 Å². The lowest BCUT2D eigenvalue weighted by molar-refractivity contribution is 0.860. The molecule has 8 aromatic rings. The number of rotatable bonds is 4. The lowest BCUT2D eigenvalue weighted by atomic mass is 9.86. The van der Waals surface area contributed by atoms with Gasteiger partial charge in [0.2, 0.25) is 0 Å². The van der Waals surface area contributed by atoms with E-state index >= 15 is 0 Å². The number of para-hydroxylation sites is 4. The summed E-state index contributed by atoms with van der Waals surface area (Å²) in [6, 6.07) is 49.1. The normalized spacial score (nSPS) is 14.9. The van der Waals surface area contributed by atoms with Gasteiger partial charge in [0.1, 0.15) is 0 Å². The highest BCUT2D eigenvalue weighted by Crippen LogP contribution is 2.42. The number of aryl methyl sites for hydroxylation is 2. The van der Waals surface area contributed by atoms with Gasteiger partial charge < -0.3 is 9.13 Å². The minimum absolute atomic E-state index is 0.239. The molecule has 6 aromatic carbocycles. The molecule has 0 bridgehead atoms. The van der Waals surface area contributed by atoms with Crippen LogP contribution in [0.2, 0.25) is 0 Å². The zero-order chi connectivity index (χ0) is 30.8. The highest BCUT2D eigenvalue weighted by molar-refractivity contribution is 6.13. The zero-order valence-electron chi connectivity index (χ0n) is 26.1. The molecule has 0 radical (unpaired) electrons. The molecular formula is C44H34N2. The smallest absolute Gasteiger partial charge is 0.0619 e. The van der Waals surface area contributed by atoms with Crippen LogP contribution in [0.5, 0.6) is 0 Å². The largest absolute Gasteiger partial charge is 0.309 e. The Labute approximate surface area is 269 Å². The number of benzene rings is 6. The molecule has 0 fully saturated rings. The second kappa shape index (κ2) is 10.5. The van der Waals surface area contributed by atoms with Crippen molar-refractivity contribution >= 4 is 49.2 Å². The van der Waals surface area contributed by atoms with E-state index in [1.165, 1.54) is 82.8 Å². The summed E-state index contributed by atoms with van der Waals surface area (Å²) in [5, 5.41) is 5.17. The Bertz CT molecular complexity index is 2530. The molecule has 0 amide bonds. The van der Waals surface area contributed by atoms with Gasteiger partial charge in [0.15, 0.2) is 0 Å². The van der Waals surface area contributed by atoms with Gasteiger partial charge in [0.25, 0.3) is 0 Å².